The van der Waals surface area contributed by atoms with Gasteiger partial charge in [0.05, 0.1) is 0 Å². The minimum Gasteiger partial charge on any atom is -0.265 e. The molecule has 12 heavy (non-hydrogen) atoms. The van der Waals surface area contributed by atoms with E-state index in [0.717, 1.165) is 6.42 Å². The lowest BCUT2D eigenvalue weighted by Gasteiger charge is -2.09. The summed E-state index contributed by atoms with van der Waals surface area (Å²) in [5.41, 5.74) is 2.74. The predicted octanol–water partition coefficient (Wildman–Crippen LogP) is 3.58. The Morgan fingerprint density at radius 2 is 2.08 bits per heavy atom. The third-order valence-corrected chi connectivity index (χ3v) is 1.96. The molecule has 1 nitrogen and oxygen atoms in total. The van der Waals surface area contributed by atoms with Gasteiger partial charge in [-0.3, -0.25) is 4.99 Å². The van der Waals surface area contributed by atoms with Crippen molar-refractivity contribution in [3.8, 4) is 0 Å². The molecule has 0 aliphatic heterocycles. The van der Waals surface area contributed by atoms with Crippen molar-refractivity contribution < 1.29 is 0 Å². The minimum absolute atomic E-state index is 0.550. The molecule has 0 aliphatic carbocycles. The predicted molar refractivity (Wildman–Crippen MR) is 56.5 cm³/mol. The van der Waals surface area contributed by atoms with E-state index in [1.54, 1.807) is 6.20 Å². The van der Waals surface area contributed by atoms with E-state index < -0.39 is 0 Å². The van der Waals surface area contributed by atoms with Crippen LogP contribution in [0.15, 0.2) is 28.9 Å². The molecule has 1 heteroatoms. The van der Waals surface area contributed by atoms with Crippen LogP contribution in [0.25, 0.3) is 0 Å². The third kappa shape index (κ3) is 3.51. The molecule has 0 aromatic carbocycles. The van der Waals surface area contributed by atoms with Crippen LogP contribution in [-0.2, 0) is 0 Å². The Morgan fingerprint density at radius 3 is 2.42 bits per heavy atom. The highest BCUT2D eigenvalue weighted by Crippen LogP contribution is 2.14. The summed E-state index contributed by atoms with van der Waals surface area (Å²) < 4.78 is 0. The second kappa shape index (κ2) is 5.76. The second-order valence-corrected chi connectivity index (χ2v) is 3.20. The minimum atomic E-state index is 0.550. The van der Waals surface area contributed by atoms with E-state index >= 15 is 0 Å². The summed E-state index contributed by atoms with van der Waals surface area (Å²) in [6, 6.07) is 0. The highest BCUT2D eigenvalue weighted by atomic mass is 14.7. The van der Waals surface area contributed by atoms with Gasteiger partial charge in [-0.2, -0.15) is 0 Å². The largest absolute Gasteiger partial charge is 0.265 e. The zero-order valence-electron chi connectivity index (χ0n) is 8.59. The molecule has 0 N–H and O–H groups in total. The van der Waals surface area contributed by atoms with Gasteiger partial charge >= 0.3 is 0 Å². The van der Waals surface area contributed by atoms with E-state index in [4.69, 9.17) is 0 Å². The molecule has 68 valence electrons. The van der Waals surface area contributed by atoms with Gasteiger partial charge in [-0.25, -0.2) is 0 Å². The Kier molecular flexibility index (Phi) is 5.35. The fourth-order valence-corrected chi connectivity index (χ4v) is 1.09. The van der Waals surface area contributed by atoms with Crippen LogP contribution in [0.3, 0.4) is 0 Å². The lowest BCUT2D eigenvalue weighted by Crippen LogP contribution is -1.98. The van der Waals surface area contributed by atoms with Crippen LogP contribution in [0.2, 0.25) is 0 Å². The molecule has 0 aromatic rings. The van der Waals surface area contributed by atoms with Gasteiger partial charge in [0.2, 0.25) is 0 Å². The topological polar surface area (TPSA) is 12.4 Å². The Labute approximate surface area is 75.9 Å². The molecule has 0 spiro atoms. The average Bonchev–Trinajstić information content (AvgIpc) is 2.04. The van der Waals surface area contributed by atoms with Crippen molar-refractivity contribution in [3.63, 3.8) is 0 Å². The van der Waals surface area contributed by atoms with Crippen molar-refractivity contribution in [2.75, 3.05) is 0 Å². The van der Waals surface area contributed by atoms with E-state index in [-0.39, 0.29) is 0 Å². The van der Waals surface area contributed by atoms with Crippen molar-refractivity contribution in [3.05, 3.63) is 23.9 Å². The number of nitrogens with zero attached hydrogens (tertiary/aromatic N) is 1. The maximum absolute atomic E-state index is 4.04. The highest BCUT2D eigenvalue weighted by Gasteiger charge is 2.02. The zero-order valence-corrected chi connectivity index (χ0v) is 8.59. The molecular formula is C11H19N. The maximum Gasteiger partial charge on any atom is 0.0301 e. The number of allylic oxidation sites excluding steroid dienone is 2. The van der Waals surface area contributed by atoms with Crippen molar-refractivity contribution in [1.82, 2.24) is 0 Å². The summed E-state index contributed by atoms with van der Waals surface area (Å²) in [5.74, 6) is 0.550. The fraction of sp³-hybridized carbons (Fsp3) is 0.545. The SMILES string of the molecule is C=C/N=C\C(=C(/C)CC)C(C)C. The summed E-state index contributed by atoms with van der Waals surface area (Å²) in [7, 11) is 0. The summed E-state index contributed by atoms with van der Waals surface area (Å²) in [4.78, 5) is 4.04. The molecule has 0 unspecified atom stereocenters. The van der Waals surface area contributed by atoms with Crippen LogP contribution in [0.1, 0.15) is 34.1 Å². The Balaban J connectivity index is 4.65. The van der Waals surface area contributed by atoms with Crippen molar-refractivity contribution in [2.45, 2.75) is 34.1 Å². The van der Waals surface area contributed by atoms with E-state index in [1.165, 1.54) is 11.1 Å². The molecular weight excluding hydrogens is 146 g/mol. The molecule has 0 aliphatic rings. The summed E-state index contributed by atoms with van der Waals surface area (Å²) in [6.07, 6.45) is 4.58. The maximum atomic E-state index is 4.04. The van der Waals surface area contributed by atoms with E-state index in [9.17, 15) is 0 Å². The van der Waals surface area contributed by atoms with Gasteiger partial charge in [0.25, 0.3) is 0 Å². The molecule has 0 amide bonds. The monoisotopic (exact) mass is 165 g/mol. The Hall–Kier alpha value is -0.850. The molecule has 0 bridgehead atoms. The first-order chi connectivity index (χ1) is 5.63. The summed E-state index contributed by atoms with van der Waals surface area (Å²) >= 11 is 0. The van der Waals surface area contributed by atoms with Crippen LogP contribution in [0.5, 0.6) is 0 Å². The van der Waals surface area contributed by atoms with Crippen LogP contribution in [0, 0.1) is 5.92 Å². The van der Waals surface area contributed by atoms with Gasteiger partial charge in [-0.05, 0) is 24.8 Å². The molecule has 0 radical (unpaired) electrons. The van der Waals surface area contributed by atoms with Crippen molar-refractivity contribution >= 4 is 6.21 Å². The third-order valence-electron chi connectivity index (χ3n) is 1.96. The fourth-order valence-electron chi connectivity index (χ4n) is 1.09. The van der Waals surface area contributed by atoms with Crippen molar-refractivity contribution in [1.29, 1.82) is 0 Å². The van der Waals surface area contributed by atoms with Crippen molar-refractivity contribution in [2.24, 2.45) is 10.9 Å². The number of rotatable bonds is 4. The van der Waals surface area contributed by atoms with Gasteiger partial charge in [-0.1, -0.05) is 32.9 Å². The molecule has 0 atom stereocenters. The molecule has 0 fully saturated rings. The normalized spacial score (nSPS) is 13.8. The molecule has 0 rings (SSSR count). The number of hydrogen-bond donors (Lipinski definition) is 0. The Morgan fingerprint density at radius 1 is 1.50 bits per heavy atom. The van der Waals surface area contributed by atoms with E-state index in [2.05, 4.69) is 39.3 Å². The van der Waals surface area contributed by atoms with E-state index in [0.29, 0.717) is 5.92 Å². The van der Waals surface area contributed by atoms with Gasteiger partial charge in [0.1, 0.15) is 0 Å². The second-order valence-electron chi connectivity index (χ2n) is 3.20. The number of aliphatic imine (C=N–C) groups is 1. The molecule has 0 saturated heterocycles. The first-order valence-corrected chi connectivity index (χ1v) is 4.47. The Bertz CT molecular complexity index is 197. The standard InChI is InChI=1S/C11H19N/c1-6-10(5)11(9(3)4)8-12-7-2/h7-9H,2,6H2,1,3-5H3/b11-10-,12-8-. The van der Waals surface area contributed by atoms with Crippen LogP contribution < -0.4 is 0 Å². The first-order valence-electron chi connectivity index (χ1n) is 4.47. The first kappa shape index (κ1) is 11.2. The lowest BCUT2D eigenvalue weighted by atomic mass is 9.98. The van der Waals surface area contributed by atoms with Gasteiger partial charge in [0, 0.05) is 12.4 Å². The number of hydrogen-bond acceptors (Lipinski definition) is 1. The van der Waals surface area contributed by atoms with Gasteiger partial charge in [0.15, 0.2) is 0 Å². The van der Waals surface area contributed by atoms with Crippen LogP contribution in [-0.4, -0.2) is 6.21 Å². The molecule has 0 saturated carbocycles. The molecule has 0 aromatic heterocycles. The molecule has 0 heterocycles. The zero-order chi connectivity index (χ0) is 9.56. The smallest absolute Gasteiger partial charge is 0.0301 e. The quantitative estimate of drug-likeness (QED) is 0.564. The van der Waals surface area contributed by atoms with E-state index in [1.807, 2.05) is 6.21 Å². The van der Waals surface area contributed by atoms with Crippen LogP contribution >= 0.6 is 0 Å². The highest BCUT2D eigenvalue weighted by molar-refractivity contribution is 5.80. The van der Waals surface area contributed by atoms with Gasteiger partial charge in [-0.15, -0.1) is 0 Å². The summed E-state index contributed by atoms with van der Waals surface area (Å²) in [5, 5.41) is 0. The lowest BCUT2D eigenvalue weighted by molar-refractivity contribution is 0.787. The summed E-state index contributed by atoms with van der Waals surface area (Å²) in [6.45, 7) is 12.2. The average molecular weight is 165 g/mol. The van der Waals surface area contributed by atoms with Crippen LogP contribution in [0.4, 0.5) is 0 Å². The van der Waals surface area contributed by atoms with Gasteiger partial charge < -0.3 is 0 Å².